The summed E-state index contributed by atoms with van der Waals surface area (Å²) in [5, 5.41) is 7.93. The highest BCUT2D eigenvalue weighted by Crippen LogP contribution is 2.29. The molecule has 0 N–H and O–H groups in total. The Morgan fingerprint density at radius 1 is 1.45 bits per heavy atom. The highest BCUT2D eigenvalue weighted by molar-refractivity contribution is 7.09. The van der Waals surface area contributed by atoms with Crippen LogP contribution in [0.5, 0.6) is 0 Å². The van der Waals surface area contributed by atoms with Gasteiger partial charge in [-0.3, -0.25) is 9.58 Å². The van der Waals surface area contributed by atoms with Crippen LogP contribution in [0.3, 0.4) is 0 Å². The van der Waals surface area contributed by atoms with E-state index in [4.69, 9.17) is 0 Å². The standard InChI is InChI=1S/C15H22N4S/c1-3-19-11-14(12(2)17-19)10-18-7-4-5-13(9-18)15-16-6-8-20-15/h6,8,11,13H,3-5,7,9-10H2,1-2H3/t13-/m1/s1. The lowest BCUT2D eigenvalue weighted by atomic mass is 9.98. The molecule has 1 atom stereocenters. The average Bonchev–Trinajstić information content (AvgIpc) is 3.10. The number of piperidine rings is 1. The zero-order valence-corrected chi connectivity index (χ0v) is 13.1. The molecule has 20 heavy (non-hydrogen) atoms. The first-order valence-electron chi connectivity index (χ1n) is 7.41. The number of hydrogen-bond acceptors (Lipinski definition) is 4. The summed E-state index contributed by atoms with van der Waals surface area (Å²) >= 11 is 1.79. The first-order chi connectivity index (χ1) is 9.76. The summed E-state index contributed by atoms with van der Waals surface area (Å²) in [6, 6.07) is 0. The van der Waals surface area contributed by atoms with Crippen LogP contribution in [0.25, 0.3) is 0 Å². The SMILES string of the molecule is CCn1cc(CN2CCC[C@@H](c3nccs3)C2)c(C)n1. The number of nitrogens with zero attached hydrogens (tertiary/aromatic N) is 4. The second-order valence-electron chi connectivity index (χ2n) is 5.54. The van der Waals surface area contributed by atoms with Crippen LogP contribution >= 0.6 is 11.3 Å². The Morgan fingerprint density at radius 3 is 3.05 bits per heavy atom. The maximum Gasteiger partial charge on any atom is 0.0968 e. The molecule has 0 spiro atoms. The normalized spacial score (nSPS) is 20.4. The smallest absolute Gasteiger partial charge is 0.0968 e. The lowest BCUT2D eigenvalue weighted by Gasteiger charge is -2.31. The summed E-state index contributed by atoms with van der Waals surface area (Å²) < 4.78 is 2.03. The summed E-state index contributed by atoms with van der Waals surface area (Å²) in [4.78, 5) is 7.05. The first kappa shape index (κ1) is 13.8. The lowest BCUT2D eigenvalue weighted by Crippen LogP contribution is -2.33. The third-order valence-electron chi connectivity index (χ3n) is 4.07. The Kier molecular flexibility index (Phi) is 4.17. The van der Waals surface area contributed by atoms with E-state index in [0.29, 0.717) is 5.92 Å². The molecular formula is C15H22N4S. The summed E-state index contributed by atoms with van der Waals surface area (Å²) in [7, 11) is 0. The van der Waals surface area contributed by atoms with Crippen LogP contribution in [0.1, 0.15) is 41.9 Å². The van der Waals surface area contributed by atoms with Gasteiger partial charge in [-0.2, -0.15) is 5.10 Å². The van der Waals surface area contributed by atoms with Gasteiger partial charge in [-0.25, -0.2) is 4.98 Å². The Labute approximate surface area is 124 Å². The summed E-state index contributed by atoms with van der Waals surface area (Å²) in [6.07, 6.45) is 6.67. The summed E-state index contributed by atoms with van der Waals surface area (Å²) in [6.45, 7) is 8.54. The second-order valence-corrected chi connectivity index (χ2v) is 6.47. The van der Waals surface area contributed by atoms with Gasteiger partial charge in [-0.1, -0.05) is 0 Å². The molecule has 1 aliphatic heterocycles. The third kappa shape index (κ3) is 2.94. The van der Waals surface area contributed by atoms with Crippen LogP contribution in [-0.2, 0) is 13.1 Å². The molecule has 0 unspecified atom stereocenters. The van der Waals surface area contributed by atoms with Gasteiger partial charge in [0.05, 0.1) is 10.7 Å². The third-order valence-corrected chi connectivity index (χ3v) is 5.01. The fourth-order valence-corrected chi connectivity index (χ4v) is 3.72. The summed E-state index contributed by atoms with van der Waals surface area (Å²) in [5.41, 5.74) is 2.54. The number of likely N-dealkylation sites (tertiary alicyclic amines) is 1. The molecule has 3 heterocycles. The van der Waals surface area contributed by atoms with Crippen LogP contribution in [0, 0.1) is 6.92 Å². The fraction of sp³-hybridized carbons (Fsp3) is 0.600. The average molecular weight is 290 g/mol. The number of aromatic nitrogens is 3. The van der Waals surface area contributed by atoms with Crippen LogP contribution in [0.4, 0.5) is 0 Å². The second kappa shape index (κ2) is 6.06. The van der Waals surface area contributed by atoms with E-state index in [1.165, 1.54) is 35.7 Å². The first-order valence-corrected chi connectivity index (χ1v) is 8.29. The van der Waals surface area contributed by atoms with E-state index < -0.39 is 0 Å². The molecule has 0 bridgehead atoms. The van der Waals surface area contributed by atoms with E-state index in [1.54, 1.807) is 11.3 Å². The molecule has 0 saturated carbocycles. The Morgan fingerprint density at radius 2 is 2.35 bits per heavy atom. The van der Waals surface area contributed by atoms with Crippen molar-refractivity contribution in [2.24, 2.45) is 0 Å². The van der Waals surface area contributed by atoms with Gasteiger partial charge in [0, 0.05) is 48.9 Å². The van der Waals surface area contributed by atoms with Gasteiger partial charge in [0.15, 0.2) is 0 Å². The molecule has 1 aliphatic rings. The number of hydrogen-bond donors (Lipinski definition) is 0. The van der Waals surface area contributed by atoms with Gasteiger partial charge in [0.2, 0.25) is 0 Å². The largest absolute Gasteiger partial charge is 0.298 e. The Balaban J connectivity index is 1.66. The lowest BCUT2D eigenvalue weighted by molar-refractivity contribution is 0.199. The van der Waals surface area contributed by atoms with Crippen molar-refractivity contribution in [1.29, 1.82) is 0 Å². The molecule has 0 aromatic carbocycles. The highest BCUT2D eigenvalue weighted by Gasteiger charge is 2.23. The maximum atomic E-state index is 4.54. The van der Waals surface area contributed by atoms with Gasteiger partial charge in [-0.15, -0.1) is 11.3 Å². The highest BCUT2D eigenvalue weighted by atomic mass is 32.1. The number of rotatable bonds is 4. The maximum absolute atomic E-state index is 4.54. The molecule has 5 heteroatoms. The molecule has 0 amide bonds. The zero-order valence-electron chi connectivity index (χ0n) is 12.2. The van der Waals surface area contributed by atoms with Crippen molar-refractivity contribution in [2.45, 2.75) is 45.7 Å². The van der Waals surface area contributed by atoms with Crippen molar-refractivity contribution in [3.05, 3.63) is 34.0 Å². The van der Waals surface area contributed by atoms with Gasteiger partial charge in [0.1, 0.15) is 0 Å². The Hall–Kier alpha value is -1.20. The van der Waals surface area contributed by atoms with Gasteiger partial charge < -0.3 is 0 Å². The quantitative estimate of drug-likeness (QED) is 0.868. The van der Waals surface area contributed by atoms with Gasteiger partial charge >= 0.3 is 0 Å². The number of aryl methyl sites for hydroxylation is 2. The molecular weight excluding hydrogens is 268 g/mol. The molecule has 1 fully saturated rings. The molecule has 2 aromatic rings. The zero-order chi connectivity index (χ0) is 13.9. The van der Waals surface area contributed by atoms with Crippen molar-refractivity contribution in [2.75, 3.05) is 13.1 Å². The monoisotopic (exact) mass is 290 g/mol. The molecule has 108 valence electrons. The predicted molar refractivity (Wildman–Crippen MR) is 82.0 cm³/mol. The molecule has 3 rings (SSSR count). The van der Waals surface area contributed by atoms with Crippen molar-refractivity contribution in [3.63, 3.8) is 0 Å². The minimum absolute atomic E-state index is 0.616. The topological polar surface area (TPSA) is 34.0 Å². The predicted octanol–water partition coefficient (Wildman–Crippen LogP) is 3.05. The van der Waals surface area contributed by atoms with Crippen molar-refractivity contribution < 1.29 is 0 Å². The van der Waals surface area contributed by atoms with E-state index in [2.05, 4.69) is 40.4 Å². The molecule has 1 saturated heterocycles. The van der Waals surface area contributed by atoms with Crippen molar-refractivity contribution in [1.82, 2.24) is 19.7 Å². The van der Waals surface area contributed by atoms with Crippen molar-refractivity contribution in [3.8, 4) is 0 Å². The van der Waals surface area contributed by atoms with Crippen LogP contribution in [-0.4, -0.2) is 32.8 Å². The van der Waals surface area contributed by atoms with E-state index in [1.807, 2.05) is 10.9 Å². The fourth-order valence-electron chi connectivity index (χ4n) is 2.95. The Bertz CT molecular complexity index is 546. The van der Waals surface area contributed by atoms with Gasteiger partial charge in [0.25, 0.3) is 0 Å². The van der Waals surface area contributed by atoms with E-state index in [9.17, 15) is 0 Å². The molecule has 2 aromatic heterocycles. The van der Waals surface area contributed by atoms with Crippen LogP contribution in [0.15, 0.2) is 17.8 Å². The molecule has 0 radical (unpaired) electrons. The van der Waals surface area contributed by atoms with E-state index in [-0.39, 0.29) is 0 Å². The summed E-state index contributed by atoms with van der Waals surface area (Å²) in [5.74, 6) is 0.616. The minimum Gasteiger partial charge on any atom is -0.298 e. The van der Waals surface area contributed by atoms with Crippen LogP contribution < -0.4 is 0 Å². The molecule has 4 nitrogen and oxygen atoms in total. The van der Waals surface area contributed by atoms with Crippen molar-refractivity contribution >= 4 is 11.3 Å². The van der Waals surface area contributed by atoms with E-state index >= 15 is 0 Å². The van der Waals surface area contributed by atoms with Gasteiger partial charge in [-0.05, 0) is 33.2 Å². The van der Waals surface area contributed by atoms with E-state index in [0.717, 1.165) is 19.6 Å². The molecule has 0 aliphatic carbocycles. The van der Waals surface area contributed by atoms with Crippen LogP contribution in [0.2, 0.25) is 0 Å². The number of thiazole rings is 1. The minimum atomic E-state index is 0.616.